The molecular formula is C25H31NOSi. The van der Waals surface area contributed by atoms with Gasteiger partial charge in [-0.05, 0) is 21.0 Å². The van der Waals surface area contributed by atoms with Crippen molar-refractivity contribution in [2.75, 3.05) is 13.2 Å². The maximum Gasteiger partial charge on any atom is 0.261 e. The molecule has 146 valence electrons. The quantitative estimate of drug-likeness (QED) is 0.457. The summed E-state index contributed by atoms with van der Waals surface area (Å²) in [5.41, 5.74) is 1.30. The van der Waals surface area contributed by atoms with Gasteiger partial charge in [0.15, 0.2) is 0 Å². The van der Waals surface area contributed by atoms with Gasteiger partial charge in [0, 0.05) is 19.7 Å². The van der Waals surface area contributed by atoms with E-state index in [1.165, 1.54) is 15.9 Å². The fraction of sp³-hybridized carbons (Fsp3) is 0.280. The van der Waals surface area contributed by atoms with Gasteiger partial charge in [-0.25, -0.2) is 0 Å². The van der Waals surface area contributed by atoms with Crippen LogP contribution in [0.4, 0.5) is 0 Å². The molecule has 3 aromatic rings. The van der Waals surface area contributed by atoms with Crippen molar-refractivity contribution < 1.29 is 4.43 Å². The Morgan fingerprint density at radius 1 is 0.714 bits per heavy atom. The molecule has 0 spiro atoms. The van der Waals surface area contributed by atoms with E-state index in [9.17, 15) is 0 Å². The van der Waals surface area contributed by atoms with E-state index in [4.69, 9.17) is 4.43 Å². The van der Waals surface area contributed by atoms with Crippen molar-refractivity contribution in [3.05, 3.63) is 96.6 Å². The molecule has 3 rings (SSSR count). The Bertz CT molecular complexity index is 789. The van der Waals surface area contributed by atoms with E-state index in [1.807, 2.05) is 0 Å². The van der Waals surface area contributed by atoms with E-state index in [0.29, 0.717) is 6.61 Å². The van der Waals surface area contributed by atoms with Gasteiger partial charge in [-0.3, -0.25) is 0 Å². The third-order valence-electron chi connectivity index (χ3n) is 5.19. The van der Waals surface area contributed by atoms with Gasteiger partial charge in [0.25, 0.3) is 8.32 Å². The first-order valence-corrected chi connectivity index (χ1v) is 11.9. The summed E-state index contributed by atoms with van der Waals surface area (Å²) >= 11 is 0. The van der Waals surface area contributed by atoms with E-state index in [-0.39, 0.29) is 5.04 Å². The summed E-state index contributed by atoms with van der Waals surface area (Å²) in [7, 11) is -2.42. The monoisotopic (exact) mass is 389 g/mol. The Morgan fingerprint density at radius 3 is 1.64 bits per heavy atom. The number of benzene rings is 3. The number of hydrogen-bond acceptors (Lipinski definition) is 2. The molecule has 0 radical (unpaired) electrons. The largest absolute Gasteiger partial charge is 0.406 e. The molecule has 0 bridgehead atoms. The van der Waals surface area contributed by atoms with Crippen molar-refractivity contribution in [2.45, 2.75) is 32.4 Å². The predicted molar refractivity (Wildman–Crippen MR) is 122 cm³/mol. The minimum atomic E-state index is -2.42. The third kappa shape index (κ3) is 4.61. The lowest BCUT2D eigenvalue weighted by Gasteiger charge is -2.43. The highest BCUT2D eigenvalue weighted by Gasteiger charge is 2.49. The second-order valence-electron chi connectivity index (χ2n) is 8.17. The second-order valence-corrected chi connectivity index (χ2v) is 12.5. The zero-order chi connectivity index (χ0) is 19.9. The van der Waals surface area contributed by atoms with Crippen molar-refractivity contribution in [1.29, 1.82) is 0 Å². The van der Waals surface area contributed by atoms with Crippen LogP contribution in [0.5, 0.6) is 0 Å². The lowest BCUT2D eigenvalue weighted by atomic mass is 10.2. The summed E-state index contributed by atoms with van der Waals surface area (Å²) in [5.74, 6) is 0. The SMILES string of the molecule is CC(C)(C)[Si](OCCNCc1ccccc1)(c1ccccc1)c1ccccc1. The molecule has 0 saturated carbocycles. The van der Waals surface area contributed by atoms with Gasteiger partial charge in [-0.15, -0.1) is 0 Å². The first-order valence-electron chi connectivity index (χ1n) is 10.0. The van der Waals surface area contributed by atoms with Gasteiger partial charge in [0.05, 0.1) is 0 Å². The Hall–Kier alpha value is -2.20. The molecular weight excluding hydrogens is 358 g/mol. The summed E-state index contributed by atoms with van der Waals surface area (Å²) < 4.78 is 6.88. The van der Waals surface area contributed by atoms with E-state index < -0.39 is 8.32 Å². The van der Waals surface area contributed by atoms with Crippen LogP contribution in [-0.4, -0.2) is 21.5 Å². The summed E-state index contributed by atoms with van der Waals surface area (Å²) in [6.45, 7) is 9.34. The van der Waals surface area contributed by atoms with E-state index >= 15 is 0 Å². The molecule has 0 atom stereocenters. The molecule has 0 aliphatic carbocycles. The van der Waals surface area contributed by atoms with Crippen LogP contribution < -0.4 is 15.7 Å². The van der Waals surface area contributed by atoms with E-state index in [1.54, 1.807) is 0 Å². The van der Waals surface area contributed by atoms with Gasteiger partial charge in [-0.2, -0.15) is 0 Å². The van der Waals surface area contributed by atoms with Gasteiger partial charge in [0.1, 0.15) is 0 Å². The number of rotatable bonds is 8. The maximum absolute atomic E-state index is 6.88. The van der Waals surface area contributed by atoms with Crippen molar-refractivity contribution in [3.63, 3.8) is 0 Å². The summed E-state index contributed by atoms with van der Waals surface area (Å²) in [5, 5.41) is 6.21. The fourth-order valence-electron chi connectivity index (χ4n) is 3.87. The average molecular weight is 390 g/mol. The molecule has 0 saturated heterocycles. The van der Waals surface area contributed by atoms with Gasteiger partial charge in [0.2, 0.25) is 0 Å². The highest BCUT2D eigenvalue weighted by molar-refractivity contribution is 6.99. The third-order valence-corrected chi connectivity index (χ3v) is 10.2. The molecule has 0 aliphatic rings. The molecule has 0 aromatic heterocycles. The van der Waals surface area contributed by atoms with Gasteiger partial charge < -0.3 is 9.74 Å². The highest BCUT2D eigenvalue weighted by Crippen LogP contribution is 2.36. The normalized spacial score (nSPS) is 12.1. The molecule has 0 heterocycles. The van der Waals surface area contributed by atoms with E-state index in [0.717, 1.165) is 13.1 Å². The summed E-state index contributed by atoms with van der Waals surface area (Å²) in [6.07, 6.45) is 0. The van der Waals surface area contributed by atoms with Crippen LogP contribution in [0.3, 0.4) is 0 Å². The summed E-state index contributed by atoms with van der Waals surface area (Å²) in [6, 6.07) is 32.1. The summed E-state index contributed by atoms with van der Waals surface area (Å²) in [4.78, 5) is 0. The smallest absolute Gasteiger partial charge is 0.261 e. The Morgan fingerprint density at radius 2 is 1.18 bits per heavy atom. The first kappa shape index (κ1) is 20.5. The van der Waals surface area contributed by atoms with Crippen molar-refractivity contribution in [2.24, 2.45) is 0 Å². The molecule has 0 fully saturated rings. The predicted octanol–water partition coefficient (Wildman–Crippen LogP) is 4.35. The molecule has 0 amide bonds. The zero-order valence-electron chi connectivity index (χ0n) is 17.2. The second kappa shape index (κ2) is 9.33. The van der Waals surface area contributed by atoms with Crippen LogP contribution in [0.25, 0.3) is 0 Å². The molecule has 0 aliphatic heterocycles. The van der Waals surface area contributed by atoms with Crippen molar-refractivity contribution in [3.8, 4) is 0 Å². The molecule has 3 heteroatoms. The topological polar surface area (TPSA) is 21.3 Å². The van der Waals surface area contributed by atoms with Crippen LogP contribution in [0.1, 0.15) is 26.3 Å². The molecule has 3 aromatic carbocycles. The van der Waals surface area contributed by atoms with Crippen molar-refractivity contribution >= 4 is 18.7 Å². The van der Waals surface area contributed by atoms with Crippen LogP contribution in [0, 0.1) is 0 Å². The average Bonchev–Trinajstić information content (AvgIpc) is 2.72. The maximum atomic E-state index is 6.88. The molecule has 1 N–H and O–H groups in total. The van der Waals surface area contributed by atoms with Crippen LogP contribution >= 0.6 is 0 Å². The lowest BCUT2D eigenvalue weighted by molar-refractivity contribution is 0.295. The minimum absolute atomic E-state index is 0.0230. The Labute approximate surface area is 170 Å². The first-order chi connectivity index (χ1) is 13.5. The molecule has 0 unspecified atom stereocenters. The lowest BCUT2D eigenvalue weighted by Crippen LogP contribution is -2.66. The van der Waals surface area contributed by atoms with Crippen LogP contribution in [0.2, 0.25) is 5.04 Å². The van der Waals surface area contributed by atoms with E-state index in [2.05, 4.69) is 117 Å². The fourth-order valence-corrected chi connectivity index (χ4v) is 8.43. The Balaban J connectivity index is 1.80. The van der Waals surface area contributed by atoms with Crippen molar-refractivity contribution in [1.82, 2.24) is 5.32 Å². The Kier molecular flexibility index (Phi) is 6.84. The van der Waals surface area contributed by atoms with Gasteiger partial charge >= 0.3 is 0 Å². The molecule has 28 heavy (non-hydrogen) atoms. The van der Waals surface area contributed by atoms with Crippen LogP contribution in [-0.2, 0) is 11.0 Å². The zero-order valence-corrected chi connectivity index (χ0v) is 18.2. The van der Waals surface area contributed by atoms with Gasteiger partial charge in [-0.1, -0.05) is 112 Å². The standard InChI is InChI=1S/C25H31NOSi/c1-25(2,3)28(23-15-9-5-10-16-23,24-17-11-6-12-18-24)27-20-19-26-21-22-13-7-4-8-14-22/h4-18,26H,19-21H2,1-3H3. The number of nitrogens with one attached hydrogen (secondary N) is 1. The molecule has 2 nitrogen and oxygen atoms in total. The minimum Gasteiger partial charge on any atom is -0.406 e. The number of hydrogen-bond donors (Lipinski definition) is 1. The highest BCUT2D eigenvalue weighted by atomic mass is 28.4. The van der Waals surface area contributed by atoms with Crippen LogP contribution in [0.15, 0.2) is 91.0 Å².